The molecule has 0 aliphatic rings. The second kappa shape index (κ2) is 1.99. The Morgan fingerprint density at radius 3 is 1.57 bits per heavy atom. The highest BCUT2D eigenvalue weighted by Crippen LogP contribution is 2.26. The number of halogens is 2. The van der Waals surface area contributed by atoms with Crippen molar-refractivity contribution < 1.29 is 8.78 Å². The zero-order chi connectivity index (χ0) is 6.08. The second-order valence-electron chi connectivity index (χ2n) is 1.74. The van der Waals surface area contributed by atoms with Gasteiger partial charge in [-0.2, -0.15) is 8.78 Å². The Kier molecular flexibility index (Phi) is 2.05. The summed E-state index contributed by atoms with van der Waals surface area (Å²) in [5.41, 5.74) is 0. The monoisotopic (exact) mass is 126 g/mol. The quantitative estimate of drug-likeness (QED) is 0.511. The van der Waals surface area contributed by atoms with Crippen molar-refractivity contribution in [2.24, 2.45) is 5.92 Å². The Hall–Kier alpha value is 0.210. The highest BCUT2D eigenvalue weighted by molar-refractivity contribution is 7.81. The van der Waals surface area contributed by atoms with Gasteiger partial charge in [-0.25, -0.2) is 0 Å². The van der Waals surface area contributed by atoms with Crippen molar-refractivity contribution in [3.8, 4) is 0 Å². The molecular formula is C4H8F2S. The number of alkyl halides is 2. The van der Waals surface area contributed by atoms with Gasteiger partial charge in [-0.15, -0.1) is 12.6 Å². The molecule has 0 N–H and O–H groups in total. The Morgan fingerprint density at radius 2 is 1.57 bits per heavy atom. The highest BCUT2D eigenvalue weighted by atomic mass is 32.1. The standard InChI is InChI=1S/C4H8F2S/c1-3(2)4(5,6)7/h3,7H,1-2H3. The van der Waals surface area contributed by atoms with E-state index < -0.39 is 11.2 Å². The molecule has 0 aromatic rings. The van der Waals surface area contributed by atoms with Crippen molar-refractivity contribution in [1.82, 2.24) is 0 Å². The van der Waals surface area contributed by atoms with Crippen LogP contribution in [0.15, 0.2) is 0 Å². The minimum atomic E-state index is -2.81. The molecule has 0 bridgehead atoms. The summed E-state index contributed by atoms with van der Waals surface area (Å²) < 4.78 is 23.4. The Balaban J connectivity index is 3.54. The van der Waals surface area contributed by atoms with E-state index in [-0.39, 0.29) is 0 Å². The van der Waals surface area contributed by atoms with E-state index in [1.807, 2.05) is 0 Å². The summed E-state index contributed by atoms with van der Waals surface area (Å²) >= 11 is 3.02. The molecule has 0 aliphatic heterocycles. The molecular weight excluding hydrogens is 118 g/mol. The molecule has 7 heavy (non-hydrogen) atoms. The second-order valence-corrected chi connectivity index (χ2v) is 2.34. The van der Waals surface area contributed by atoms with Crippen molar-refractivity contribution in [3.63, 3.8) is 0 Å². The molecule has 0 nitrogen and oxygen atoms in total. The lowest BCUT2D eigenvalue weighted by Gasteiger charge is -2.11. The number of hydrogen-bond acceptors (Lipinski definition) is 1. The molecule has 0 amide bonds. The lowest BCUT2D eigenvalue weighted by Crippen LogP contribution is -2.14. The molecule has 0 fully saturated rings. The van der Waals surface area contributed by atoms with Crippen LogP contribution in [0.1, 0.15) is 13.8 Å². The van der Waals surface area contributed by atoms with Crippen molar-refractivity contribution >= 4 is 12.6 Å². The Labute approximate surface area is 47.3 Å². The third-order valence-electron chi connectivity index (χ3n) is 0.695. The highest BCUT2D eigenvalue weighted by Gasteiger charge is 2.26. The van der Waals surface area contributed by atoms with Gasteiger partial charge in [-0.3, -0.25) is 0 Å². The van der Waals surface area contributed by atoms with Crippen LogP contribution in [0, 0.1) is 5.92 Å². The fourth-order valence-electron chi connectivity index (χ4n) is 0. The van der Waals surface area contributed by atoms with E-state index in [1.54, 1.807) is 0 Å². The van der Waals surface area contributed by atoms with Crippen LogP contribution in [0.3, 0.4) is 0 Å². The van der Waals surface area contributed by atoms with Crippen LogP contribution < -0.4 is 0 Å². The van der Waals surface area contributed by atoms with Crippen LogP contribution in [-0.2, 0) is 0 Å². The van der Waals surface area contributed by atoms with Gasteiger partial charge in [0.2, 0.25) is 0 Å². The number of rotatable bonds is 1. The third kappa shape index (κ3) is 2.85. The van der Waals surface area contributed by atoms with Gasteiger partial charge in [0.15, 0.2) is 0 Å². The van der Waals surface area contributed by atoms with Gasteiger partial charge in [0.25, 0.3) is 5.25 Å². The Morgan fingerprint density at radius 1 is 1.43 bits per heavy atom. The van der Waals surface area contributed by atoms with E-state index in [1.165, 1.54) is 13.8 Å². The molecule has 0 aliphatic carbocycles. The molecule has 0 unspecified atom stereocenters. The van der Waals surface area contributed by atoms with Crippen LogP contribution in [0.5, 0.6) is 0 Å². The smallest absolute Gasteiger partial charge is 0.194 e. The van der Waals surface area contributed by atoms with Crippen molar-refractivity contribution in [1.29, 1.82) is 0 Å². The predicted molar refractivity (Wildman–Crippen MR) is 28.8 cm³/mol. The molecule has 0 aromatic carbocycles. The molecule has 0 radical (unpaired) electrons. The summed E-state index contributed by atoms with van der Waals surface area (Å²) in [4.78, 5) is 0. The SMILES string of the molecule is CC(C)C(F)(F)S. The summed E-state index contributed by atoms with van der Waals surface area (Å²) in [6, 6.07) is 0. The molecule has 0 aromatic heterocycles. The first-order valence-electron chi connectivity index (χ1n) is 2.04. The van der Waals surface area contributed by atoms with Crippen molar-refractivity contribution in [3.05, 3.63) is 0 Å². The summed E-state index contributed by atoms with van der Waals surface area (Å²) in [6.45, 7) is 2.85. The summed E-state index contributed by atoms with van der Waals surface area (Å²) in [5.74, 6) is -0.671. The first kappa shape index (κ1) is 7.21. The molecule has 0 heterocycles. The maximum atomic E-state index is 11.7. The lowest BCUT2D eigenvalue weighted by atomic mass is 10.2. The minimum absolute atomic E-state index is 0.671. The van der Waals surface area contributed by atoms with Gasteiger partial charge in [0.1, 0.15) is 0 Å². The van der Waals surface area contributed by atoms with E-state index in [0.29, 0.717) is 0 Å². The van der Waals surface area contributed by atoms with E-state index in [2.05, 4.69) is 12.6 Å². The van der Waals surface area contributed by atoms with Crippen molar-refractivity contribution in [2.45, 2.75) is 19.1 Å². The largest absolute Gasteiger partial charge is 0.293 e. The van der Waals surface area contributed by atoms with E-state index >= 15 is 0 Å². The van der Waals surface area contributed by atoms with Gasteiger partial charge in [0, 0.05) is 5.92 Å². The predicted octanol–water partition coefficient (Wildman–Crippen LogP) is 2.17. The van der Waals surface area contributed by atoms with Gasteiger partial charge in [-0.05, 0) is 0 Å². The van der Waals surface area contributed by atoms with Gasteiger partial charge in [-0.1, -0.05) is 13.8 Å². The maximum absolute atomic E-state index is 11.7. The fourth-order valence-corrected chi connectivity index (χ4v) is 0. The first-order valence-corrected chi connectivity index (χ1v) is 2.49. The summed E-state index contributed by atoms with van der Waals surface area (Å²) in [6.07, 6.45) is 0. The Bertz CT molecular complexity index is 55.2. The third-order valence-corrected chi connectivity index (χ3v) is 1.21. The molecule has 0 saturated heterocycles. The molecule has 0 atom stereocenters. The number of thiol groups is 1. The zero-order valence-electron chi connectivity index (χ0n) is 4.28. The van der Waals surface area contributed by atoms with Gasteiger partial charge >= 0.3 is 0 Å². The maximum Gasteiger partial charge on any atom is 0.293 e. The van der Waals surface area contributed by atoms with Crippen LogP contribution in [0.4, 0.5) is 8.78 Å². The minimum Gasteiger partial charge on any atom is -0.194 e. The van der Waals surface area contributed by atoms with Crippen LogP contribution in [0.25, 0.3) is 0 Å². The van der Waals surface area contributed by atoms with E-state index in [9.17, 15) is 8.78 Å². The molecule has 0 spiro atoms. The van der Waals surface area contributed by atoms with Gasteiger partial charge < -0.3 is 0 Å². The lowest BCUT2D eigenvalue weighted by molar-refractivity contribution is 0.0572. The van der Waals surface area contributed by atoms with E-state index in [4.69, 9.17) is 0 Å². The average Bonchev–Trinajstić information content (AvgIpc) is 1.31. The summed E-state index contributed by atoms with van der Waals surface area (Å²) in [7, 11) is 0. The van der Waals surface area contributed by atoms with Gasteiger partial charge in [0.05, 0.1) is 0 Å². The fraction of sp³-hybridized carbons (Fsp3) is 1.00. The van der Waals surface area contributed by atoms with Crippen molar-refractivity contribution in [2.75, 3.05) is 0 Å². The van der Waals surface area contributed by atoms with Crippen LogP contribution in [-0.4, -0.2) is 5.25 Å². The first-order chi connectivity index (χ1) is 2.94. The molecule has 0 saturated carbocycles. The summed E-state index contributed by atoms with van der Waals surface area (Å²) in [5, 5.41) is -2.81. The normalized spacial score (nSPS) is 12.9. The van der Waals surface area contributed by atoms with Crippen LogP contribution >= 0.6 is 12.6 Å². The molecule has 44 valence electrons. The average molecular weight is 126 g/mol. The molecule has 0 rings (SSSR count). The molecule has 3 heteroatoms. The zero-order valence-corrected chi connectivity index (χ0v) is 5.17. The van der Waals surface area contributed by atoms with Crippen LogP contribution in [0.2, 0.25) is 0 Å². The number of hydrogen-bond donors (Lipinski definition) is 1. The van der Waals surface area contributed by atoms with E-state index in [0.717, 1.165) is 0 Å². The topological polar surface area (TPSA) is 0 Å².